The summed E-state index contributed by atoms with van der Waals surface area (Å²) in [4.78, 5) is 13.1. The molecule has 0 saturated carbocycles. The van der Waals surface area contributed by atoms with E-state index in [1.807, 2.05) is 6.08 Å². The molecular weight excluding hydrogens is 947 g/mol. The molecule has 1 aliphatic rings. The summed E-state index contributed by atoms with van der Waals surface area (Å²) in [5.41, 5.74) is 0. The van der Waals surface area contributed by atoms with Crippen LogP contribution in [0.5, 0.6) is 0 Å². The van der Waals surface area contributed by atoms with Crippen LogP contribution >= 0.6 is 0 Å². The van der Waals surface area contributed by atoms with Crippen molar-refractivity contribution in [3.8, 4) is 0 Å². The zero-order valence-corrected chi connectivity index (χ0v) is 49.0. The van der Waals surface area contributed by atoms with Gasteiger partial charge in [0, 0.05) is 6.42 Å². The number of amides is 1. The molecule has 0 spiro atoms. The number of unbranched alkanes of at least 4 members (excludes halogenated alkanes) is 32. The fourth-order valence-electron chi connectivity index (χ4n) is 9.75. The van der Waals surface area contributed by atoms with E-state index in [1.54, 1.807) is 6.08 Å². The molecule has 1 rings (SSSR count). The van der Waals surface area contributed by atoms with Crippen molar-refractivity contribution in [2.24, 2.45) is 0 Å². The van der Waals surface area contributed by atoms with Gasteiger partial charge in [-0.3, -0.25) is 4.79 Å². The molecule has 1 aliphatic heterocycles. The molecule has 440 valence electrons. The lowest BCUT2D eigenvalue weighted by atomic mass is 9.99. The summed E-state index contributed by atoms with van der Waals surface area (Å²) < 4.78 is 11.3. The van der Waals surface area contributed by atoms with Crippen molar-refractivity contribution in [1.29, 1.82) is 0 Å². The highest BCUT2D eigenvalue weighted by Crippen LogP contribution is 2.23. The molecule has 9 heteroatoms. The second kappa shape index (κ2) is 55.7. The van der Waals surface area contributed by atoms with E-state index in [4.69, 9.17) is 9.47 Å². The Labute approximate surface area is 467 Å². The monoisotopic (exact) mass is 1070 g/mol. The lowest BCUT2D eigenvalue weighted by Crippen LogP contribution is -2.60. The zero-order valence-electron chi connectivity index (χ0n) is 49.0. The molecule has 1 amide bonds. The highest BCUT2D eigenvalue weighted by Gasteiger charge is 2.44. The van der Waals surface area contributed by atoms with Crippen LogP contribution in [0.1, 0.15) is 277 Å². The first-order valence-electron chi connectivity index (χ1n) is 31.8. The number of allylic oxidation sites excluding steroid dienone is 13. The minimum Gasteiger partial charge on any atom is -0.394 e. The highest BCUT2D eigenvalue weighted by atomic mass is 16.7. The maximum atomic E-state index is 13.1. The van der Waals surface area contributed by atoms with Gasteiger partial charge in [0.2, 0.25) is 5.91 Å². The van der Waals surface area contributed by atoms with Crippen LogP contribution in [0.2, 0.25) is 0 Å². The second-order valence-corrected chi connectivity index (χ2v) is 21.8. The van der Waals surface area contributed by atoms with Crippen molar-refractivity contribution < 1.29 is 39.8 Å². The van der Waals surface area contributed by atoms with E-state index in [0.29, 0.717) is 6.42 Å². The molecule has 0 radical (unpaired) electrons. The van der Waals surface area contributed by atoms with E-state index in [-0.39, 0.29) is 12.5 Å². The van der Waals surface area contributed by atoms with Crippen LogP contribution in [-0.4, -0.2) is 87.5 Å². The molecule has 0 aromatic rings. The number of hydrogen-bond donors (Lipinski definition) is 6. The van der Waals surface area contributed by atoms with Crippen molar-refractivity contribution in [2.75, 3.05) is 13.2 Å². The van der Waals surface area contributed by atoms with Gasteiger partial charge in [-0.05, 0) is 70.6 Å². The van der Waals surface area contributed by atoms with Crippen molar-refractivity contribution in [2.45, 2.75) is 320 Å². The van der Waals surface area contributed by atoms with Crippen molar-refractivity contribution in [3.05, 3.63) is 85.1 Å². The van der Waals surface area contributed by atoms with Crippen LogP contribution in [0.4, 0.5) is 0 Å². The summed E-state index contributed by atoms with van der Waals surface area (Å²) in [7, 11) is 0. The van der Waals surface area contributed by atoms with Gasteiger partial charge in [0.05, 0.1) is 25.4 Å². The first-order valence-corrected chi connectivity index (χ1v) is 31.8. The van der Waals surface area contributed by atoms with Crippen LogP contribution in [-0.2, 0) is 14.3 Å². The SMILES string of the molecule is CC/C=C\C/C=C\C/C=C\C/C=C\C/C=C\C/C=C\CCCCCCCCCCCCCCCCCCCCC(=O)NC(COC1OC(CO)C(O)C(O)C1O)C(O)/C=C/CCCCCCCCCCCCCCCC. The van der Waals surface area contributed by atoms with E-state index >= 15 is 0 Å². The summed E-state index contributed by atoms with van der Waals surface area (Å²) in [6.45, 7) is 3.68. The third-order valence-corrected chi connectivity index (χ3v) is 14.7. The quantitative estimate of drug-likeness (QED) is 0.0261. The predicted molar refractivity (Wildman–Crippen MR) is 322 cm³/mol. The summed E-state index contributed by atoms with van der Waals surface area (Å²) >= 11 is 0. The molecule has 0 aromatic heterocycles. The maximum Gasteiger partial charge on any atom is 0.220 e. The van der Waals surface area contributed by atoms with Crippen LogP contribution < -0.4 is 5.32 Å². The predicted octanol–water partition coefficient (Wildman–Crippen LogP) is 16.6. The first-order chi connectivity index (χ1) is 37.3. The number of hydrogen-bond acceptors (Lipinski definition) is 8. The summed E-state index contributed by atoms with van der Waals surface area (Å²) in [5.74, 6) is -0.176. The molecule has 76 heavy (non-hydrogen) atoms. The molecule has 6 N–H and O–H groups in total. The van der Waals surface area contributed by atoms with Gasteiger partial charge in [0.25, 0.3) is 0 Å². The standard InChI is InChI=1S/C67H119NO8/c1-3-5-7-9-11-13-15-17-19-21-22-23-24-25-26-27-28-29-30-31-32-33-34-35-36-37-38-39-40-41-43-45-47-49-51-53-55-57-63(71)68-60(59-75-67-66(74)65(73)64(72)62(58-69)76-67)61(70)56-54-52-50-48-46-44-42-20-18-16-14-12-10-8-6-4-2/h5,7,11,13,17,19,22-23,25-26,28-29,54,56,60-62,64-67,69-70,72-74H,3-4,6,8-10,12,14-16,18,20-21,24,27,30-53,55,57-59H2,1-2H3,(H,68,71)/b7-5-,13-11-,19-17-,23-22-,26-25-,29-28-,56-54+. The Morgan fingerprint density at radius 3 is 1.21 bits per heavy atom. The number of carbonyl (C=O) groups is 1. The average Bonchev–Trinajstić information content (AvgIpc) is 3.42. The topological polar surface area (TPSA) is 149 Å². The Kier molecular flexibility index (Phi) is 52.3. The Morgan fingerprint density at radius 2 is 0.816 bits per heavy atom. The fraction of sp³-hybridized carbons (Fsp3) is 0.776. The number of ether oxygens (including phenoxy) is 2. The van der Waals surface area contributed by atoms with Crippen LogP contribution in [0.25, 0.3) is 0 Å². The van der Waals surface area contributed by atoms with Crippen LogP contribution in [0.3, 0.4) is 0 Å². The Morgan fingerprint density at radius 1 is 0.461 bits per heavy atom. The van der Waals surface area contributed by atoms with Crippen molar-refractivity contribution >= 4 is 5.91 Å². The highest BCUT2D eigenvalue weighted by molar-refractivity contribution is 5.76. The van der Waals surface area contributed by atoms with Gasteiger partial charge in [-0.2, -0.15) is 0 Å². The van der Waals surface area contributed by atoms with Crippen molar-refractivity contribution in [1.82, 2.24) is 5.32 Å². The minimum atomic E-state index is -1.57. The summed E-state index contributed by atoms with van der Waals surface area (Å²) in [6, 6.07) is -0.807. The van der Waals surface area contributed by atoms with E-state index < -0.39 is 49.5 Å². The molecule has 1 saturated heterocycles. The number of carbonyl (C=O) groups excluding carboxylic acids is 1. The van der Waals surface area contributed by atoms with Gasteiger partial charge in [-0.1, -0.05) is 285 Å². The van der Waals surface area contributed by atoms with Gasteiger partial charge < -0.3 is 40.3 Å². The zero-order chi connectivity index (χ0) is 55.0. The molecule has 7 unspecified atom stereocenters. The molecule has 1 fully saturated rings. The molecule has 0 aromatic carbocycles. The first kappa shape index (κ1) is 71.4. The van der Waals surface area contributed by atoms with Gasteiger partial charge in [0.15, 0.2) is 6.29 Å². The summed E-state index contributed by atoms with van der Waals surface area (Å²) in [5, 5.41) is 54.6. The smallest absolute Gasteiger partial charge is 0.220 e. The van der Waals surface area contributed by atoms with Gasteiger partial charge >= 0.3 is 0 Å². The average molecular weight is 1070 g/mol. The third kappa shape index (κ3) is 44.2. The van der Waals surface area contributed by atoms with E-state index in [2.05, 4.69) is 92.1 Å². The number of nitrogens with one attached hydrogen (secondary N) is 1. The molecule has 9 nitrogen and oxygen atoms in total. The van der Waals surface area contributed by atoms with E-state index in [0.717, 1.165) is 77.0 Å². The third-order valence-electron chi connectivity index (χ3n) is 14.7. The maximum absolute atomic E-state index is 13.1. The van der Waals surface area contributed by atoms with Gasteiger partial charge in [0.1, 0.15) is 24.4 Å². The number of aliphatic hydroxyl groups excluding tert-OH is 5. The lowest BCUT2D eigenvalue weighted by Gasteiger charge is -2.40. The van der Waals surface area contributed by atoms with Crippen LogP contribution in [0, 0.1) is 0 Å². The number of aliphatic hydroxyl groups is 5. The van der Waals surface area contributed by atoms with E-state index in [9.17, 15) is 30.3 Å². The van der Waals surface area contributed by atoms with Crippen molar-refractivity contribution in [3.63, 3.8) is 0 Å². The molecule has 1 heterocycles. The molecular formula is C67H119NO8. The molecule has 0 aliphatic carbocycles. The molecule has 7 atom stereocenters. The fourth-order valence-corrected chi connectivity index (χ4v) is 9.75. The largest absolute Gasteiger partial charge is 0.394 e. The van der Waals surface area contributed by atoms with Gasteiger partial charge in [-0.25, -0.2) is 0 Å². The number of rotatable bonds is 54. The normalized spacial score (nSPS) is 19.4. The lowest BCUT2D eigenvalue weighted by molar-refractivity contribution is -0.302. The summed E-state index contributed by atoms with van der Waals surface area (Å²) in [6.07, 6.45) is 72.4. The second-order valence-electron chi connectivity index (χ2n) is 21.8. The minimum absolute atomic E-state index is 0.176. The van der Waals surface area contributed by atoms with Gasteiger partial charge in [-0.15, -0.1) is 0 Å². The Balaban J connectivity index is 2.10. The Bertz CT molecular complexity index is 1470. The van der Waals surface area contributed by atoms with Crippen LogP contribution in [0.15, 0.2) is 85.1 Å². The molecule has 0 bridgehead atoms. The van der Waals surface area contributed by atoms with E-state index in [1.165, 1.54) is 180 Å². The Hall–Kier alpha value is -2.63.